The molecule has 1 unspecified atom stereocenters. The maximum Gasteiger partial charge on any atom is 0.282 e. The van der Waals surface area contributed by atoms with Crippen LogP contribution in [0.1, 0.15) is 31.3 Å². The molecule has 1 aromatic heterocycles. The van der Waals surface area contributed by atoms with Crippen LogP contribution < -0.4 is 5.32 Å². The first-order valence-corrected chi connectivity index (χ1v) is 6.35. The van der Waals surface area contributed by atoms with Gasteiger partial charge in [0.25, 0.3) is 11.6 Å². The van der Waals surface area contributed by atoms with Crippen LogP contribution in [0.5, 0.6) is 0 Å². The quantitative estimate of drug-likeness (QED) is 0.666. The second-order valence-corrected chi connectivity index (χ2v) is 4.50. The van der Waals surface area contributed by atoms with Crippen LogP contribution in [0.4, 0.5) is 5.69 Å². The molecule has 0 bridgehead atoms. The Hall–Kier alpha value is -2.28. The van der Waals surface area contributed by atoms with Gasteiger partial charge in [0.1, 0.15) is 5.56 Å². The highest BCUT2D eigenvalue weighted by Crippen LogP contribution is 2.30. The van der Waals surface area contributed by atoms with E-state index in [-0.39, 0.29) is 17.6 Å². The molecule has 0 aliphatic rings. The minimum Gasteiger partial charge on any atom is -0.419 e. The van der Waals surface area contributed by atoms with E-state index in [4.69, 9.17) is 4.42 Å². The van der Waals surface area contributed by atoms with E-state index in [2.05, 4.69) is 15.5 Å². The molecule has 1 N–H and O–H groups in total. The highest BCUT2D eigenvalue weighted by Gasteiger charge is 2.21. The van der Waals surface area contributed by atoms with Crippen LogP contribution in [0.25, 0.3) is 11.5 Å². The molecule has 106 valence electrons. The number of nitrogens with one attached hydrogen (secondary N) is 1. The van der Waals surface area contributed by atoms with Crippen molar-refractivity contribution in [2.24, 2.45) is 0 Å². The first kappa shape index (κ1) is 14.1. The number of hydrogen-bond donors (Lipinski definition) is 1. The Morgan fingerprint density at radius 2 is 2.20 bits per heavy atom. The van der Waals surface area contributed by atoms with Gasteiger partial charge in [-0.25, -0.2) is 0 Å². The summed E-state index contributed by atoms with van der Waals surface area (Å²) in [6, 6.07) is 4.71. The van der Waals surface area contributed by atoms with Gasteiger partial charge in [0.2, 0.25) is 5.89 Å². The third-order valence-electron chi connectivity index (χ3n) is 2.90. The molecule has 0 amide bonds. The molecule has 0 radical (unpaired) electrons. The molecule has 2 aromatic rings. The Balaban J connectivity index is 2.41. The van der Waals surface area contributed by atoms with Gasteiger partial charge in [-0.1, -0.05) is 13.0 Å². The zero-order valence-corrected chi connectivity index (χ0v) is 11.6. The van der Waals surface area contributed by atoms with E-state index >= 15 is 0 Å². The standard InChI is InChI=1S/C13H16N4O3/c1-4-14-9(3)12-15-16-13(20-12)10-7-8(2)5-6-11(10)17(18)19/h5-7,9,14H,4H2,1-3H3. The van der Waals surface area contributed by atoms with Crippen LogP contribution in [-0.2, 0) is 0 Å². The van der Waals surface area contributed by atoms with Gasteiger partial charge < -0.3 is 9.73 Å². The minimum absolute atomic E-state index is 0.0399. The molecule has 0 aliphatic heterocycles. The summed E-state index contributed by atoms with van der Waals surface area (Å²) >= 11 is 0. The summed E-state index contributed by atoms with van der Waals surface area (Å²) in [6.45, 7) is 6.49. The molecule has 7 heteroatoms. The van der Waals surface area contributed by atoms with E-state index in [9.17, 15) is 10.1 Å². The first-order valence-electron chi connectivity index (χ1n) is 6.35. The Morgan fingerprint density at radius 1 is 1.45 bits per heavy atom. The zero-order chi connectivity index (χ0) is 14.7. The number of nitrogens with zero attached hydrogens (tertiary/aromatic N) is 3. The van der Waals surface area contributed by atoms with Gasteiger partial charge in [-0.2, -0.15) is 0 Å². The van der Waals surface area contributed by atoms with Crippen molar-refractivity contribution in [1.82, 2.24) is 15.5 Å². The van der Waals surface area contributed by atoms with Crippen molar-refractivity contribution in [1.29, 1.82) is 0 Å². The van der Waals surface area contributed by atoms with E-state index in [1.54, 1.807) is 12.1 Å². The lowest BCUT2D eigenvalue weighted by molar-refractivity contribution is -0.384. The predicted molar refractivity (Wildman–Crippen MR) is 73.2 cm³/mol. The van der Waals surface area contributed by atoms with Crippen molar-refractivity contribution in [3.8, 4) is 11.5 Å². The number of aromatic nitrogens is 2. The van der Waals surface area contributed by atoms with Crippen molar-refractivity contribution >= 4 is 5.69 Å². The average Bonchev–Trinajstić information content (AvgIpc) is 2.88. The van der Waals surface area contributed by atoms with E-state index < -0.39 is 4.92 Å². The largest absolute Gasteiger partial charge is 0.419 e. The highest BCUT2D eigenvalue weighted by molar-refractivity contribution is 5.67. The van der Waals surface area contributed by atoms with E-state index in [1.165, 1.54) is 6.07 Å². The monoisotopic (exact) mass is 276 g/mol. The van der Waals surface area contributed by atoms with Crippen molar-refractivity contribution in [2.45, 2.75) is 26.8 Å². The lowest BCUT2D eigenvalue weighted by Gasteiger charge is -2.05. The predicted octanol–water partition coefficient (Wildman–Crippen LogP) is 2.62. The van der Waals surface area contributed by atoms with E-state index in [0.717, 1.165) is 12.1 Å². The van der Waals surface area contributed by atoms with Crippen LogP contribution in [0, 0.1) is 17.0 Å². The van der Waals surface area contributed by atoms with Crippen LogP contribution >= 0.6 is 0 Å². The molecule has 1 aromatic carbocycles. The molecule has 2 rings (SSSR count). The van der Waals surface area contributed by atoms with Gasteiger partial charge in [0.05, 0.1) is 11.0 Å². The topological polar surface area (TPSA) is 94.1 Å². The highest BCUT2D eigenvalue weighted by atomic mass is 16.6. The molecule has 1 atom stereocenters. The van der Waals surface area contributed by atoms with E-state index in [0.29, 0.717) is 11.5 Å². The molecule has 20 heavy (non-hydrogen) atoms. The SMILES string of the molecule is CCNC(C)c1nnc(-c2cc(C)ccc2[N+](=O)[O-])o1. The van der Waals surface area contributed by atoms with Crippen molar-refractivity contribution < 1.29 is 9.34 Å². The number of nitro groups is 1. The van der Waals surface area contributed by atoms with Gasteiger partial charge in [-0.3, -0.25) is 10.1 Å². The Bertz CT molecular complexity index is 624. The second kappa shape index (κ2) is 5.79. The third-order valence-corrected chi connectivity index (χ3v) is 2.90. The van der Waals surface area contributed by atoms with Crippen molar-refractivity contribution in [3.05, 3.63) is 39.8 Å². The number of hydrogen-bond acceptors (Lipinski definition) is 6. The zero-order valence-electron chi connectivity index (χ0n) is 11.6. The van der Waals surface area contributed by atoms with Gasteiger partial charge in [-0.05, 0) is 32.0 Å². The summed E-state index contributed by atoms with van der Waals surface area (Å²) < 4.78 is 5.54. The number of rotatable bonds is 5. The number of nitro benzene ring substituents is 1. The number of benzene rings is 1. The molecule has 0 saturated heterocycles. The summed E-state index contributed by atoms with van der Waals surface area (Å²) in [6.07, 6.45) is 0. The maximum atomic E-state index is 11.1. The first-order chi connectivity index (χ1) is 9.52. The van der Waals surface area contributed by atoms with Crippen LogP contribution in [0.15, 0.2) is 22.6 Å². The molecule has 0 aliphatic carbocycles. The molecular formula is C13H16N4O3. The Kier molecular flexibility index (Phi) is 4.09. The average molecular weight is 276 g/mol. The second-order valence-electron chi connectivity index (χ2n) is 4.50. The minimum atomic E-state index is -0.452. The molecule has 0 fully saturated rings. The summed E-state index contributed by atoms with van der Waals surface area (Å²) in [5.41, 5.74) is 1.20. The number of aryl methyl sites for hydroxylation is 1. The summed E-state index contributed by atoms with van der Waals surface area (Å²) in [4.78, 5) is 10.6. The lowest BCUT2D eigenvalue weighted by Crippen LogP contribution is -2.17. The van der Waals surface area contributed by atoms with Crippen LogP contribution in [0.3, 0.4) is 0 Å². The fraction of sp³-hybridized carbons (Fsp3) is 0.385. The fourth-order valence-electron chi connectivity index (χ4n) is 1.89. The maximum absolute atomic E-state index is 11.1. The van der Waals surface area contributed by atoms with Crippen LogP contribution in [0.2, 0.25) is 0 Å². The smallest absolute Gasteiger partial charge is 0.282 e. The molecular weight excluding hydrogens is 260 g/mol. The van der Waals surface area contributed by atoms with E-state index in [1.807, 2.05) is 20.8 Å². The Morgan fingerprint density at radius 3 is 2.85 bits per heavy atom. The van der Waals surface area contributed by atoms with Gasteiger partial charge >= 0.3 is 0 Å². The molecule has 0 spiro atoms. The summed E-state index contributed by atoms with van der Waals surface area (Å²) in [7, 11) is 0. The van der Waals surface area contributed by atoms with Crippen molar-refractivity contribution in [3.63, 3.8) is 0 Å². The molecule has 7 nitrogen and oxygen atoms in total. The van der Waals surface area contributed by atoms with Gasteiger partial charge in [0, 0.05) is 6.07 Å². The fourth-order valence-corrected chi connectivity index (χ4v) is 1.89. The summed E-state index contributed by atoms with van der Waals surface area (Å²) in [5.74, 6) is 0.581. The summed E-state index contributed by atoms with van der Waals surface area (Å²) in [5, 5.41) is 22.1. The lowest BCUT2D eigenvalue weighted by atomic mass is 10.1. The third kappa shape index (κ3) is 2.83. The normalized spacial score (nSPS) is 12.3. The molecule has 1 heterocycles. The van der Waals surface area contributed by atoms with Gasteiger partial charge in [-0.15, -0.1) is 10.2 Å². The van der Waals surface area contributed by atoms with Gasteiger partial charge in [0.15, 0.2) is 0 Å². The Labute approximate surface area is 116 Å². The van der Waals surface area contributed by atoms with Crippen molar-refractivity contribution in [2.75, 3.05) is 6.54 Å². The van der Waals surface area contributed by atoms with Crippen LogP contribution in [-0.4, -0.2) is 21.7 Å². The molecule has 0 saturated carbocycles.